The van der Waals surface area contributed by atoms with Crippen molar-refractivity contribution in [3.8, 4) is 0 Å². The van der Waals surface area contributed by atoms with Gasteiger partial charge in [-0.2, -0.15) is 0 Å². The minimum atomic E-state index is -3.12. The van der Waals surface area contributed by atoms with Crippen LogP contribution in [0.25, 0.3) is 0 Å². The fourth-order valence-corrected chi connectivity index (χ4v) is 2.23. The molecule has 21 heavy (non-hydrogen) atoms. The van der Waals surface area contributed by atoms with Gasteiger partial charge in [-0.3, -0.25) is 0 Å². The maximum absolute atomic E-state index is 11.6. The molecule has 2 N–H and O–H groups in total. The summed E-state index contributed by atoms with van der Waals surface area (Å²) in [5.41, 5.74) is 2.07. The van der Waals surface area contributed by atoms with Crippen molar-refractivity contribution in [2.75, 3.05) is 19.3 Å². The average molecular weight is 313 g/mol. The van der Waals surface area contributed by atoms with Crippen molar-refractivity contribution < 1.29 is 13.5 Å². The van der Waals surface area contributed by atoms with Crippen LogP contribution in [0.3, 0.4) is 0 Å². The second-order valence-electron chi connectivity index (χ2n) is 6.50. The summed E-state index contributed by atoms with van der Waals surface area (Å²) in [6, 6.07) is 7.88. The molecule has 0 aliphatic heterocycles. The van der Waals surface area contributed by atoms with Gasteiger partial charge in [0.05, 0.1) is 10.9 Å². The lowest BCUT2D eigenvalue weighted by atomic mass is 10.00. The Morgan fingerprint density at radius 2 is 1.62 bits per heavy atom. The van der Waals surface area contributed by atoms with Crippen molar-refractivity contribution in [1.29, 1.82) is 0 Å². The molecule has 0 bridgehead atoms. The molecule has 0 amide bonds. The van der Waals surface area contributed by atoms with Gasteiger partial charge in [-0.05, 0) is 30.9 Å². The first-order valence-electron chi connectivity index (χ1n) is 7.23. The minimum absolute atomic E-state index is 0.312. The maximum Gasteiger partial charge on any atom is 0.153 e. The summed E-state index contributed by atoms with van der Waals surface area (Å²) < 4.78 is 22.4. The van der Waals surface area contributed by atoms with Gasteiger partial charge < -0.3 is 10.4 Å². The summed E-state index contributed by atoms with van der Waals surface area (Å²) in [5.74, 6) is 0.463. The van der Waals surface area contributed by atoms with Gasteiger partial charge in [-0.25, -0.2) is 8.42 Å². The molecule has 0 aliphatic rings. The molecule has 0 saturated heterocycles. The van der Waals surface area contributed by atoms with Crippen LogP contribution in [0.15, 0.2) is 24.3 Å². The van der Waals surface area contributed by atoms with Gasteiger partial charge in [0, 0.05) is 19.3 Å². The Morgan fingerprint density at radius 1 is 1.14 bits per heavy atom. The van der Waals surface area contributed by atoms with E-state index in [9.17, 15) is 13.5 Å². The van der Waals surface area contributed by atoms with E-state index < -0.39 is 20.7 Å². The molecule has 1 aromatic rings. The van der Waals surface area contributed by atoms with E-state index in [1.165, 1.54) is 11.8 Å². The number of nitrogens with one attached hydrogen (secondary N) is 1. The molecular formula is C16H27NO3S. The normalized spacial score (nSPS) is 14.4. The van der Waals surface area contributed by atoms with E-state index in [4.69, 9.17) is 0 Å². The van der Waals surface area contributed by atoms with E-state index in [0.29, 0.717) is 19.0 Å². The number of aliphatic hydroxyl groups excluding tert-OH is 1. The highest BCUT2D eigenvalue weighted by atomic mass is 32.2. The molecular weight excluding hydrogens is 286 g/mol. The van der Waals surface area contributed by atoms with Crippen molar-refractivity contribution >= 4 is 9.84 Å². The zero-order valence-corrected chi connectivity index (χ0v) is 14.4. The molecule has 1 rings (SSSR count). The van der Waals surface area contributed by atoms with E-state index in [2.05, 4.69) is 19.2 Å². The van der Waals surface area contributed by atoms with Gasteiger partial charge in [0.2, 0.25) is 0 Å². The lowest BCUT2D eigenvalue weighted by molar-refractivity contribution is 0.174. The topological polar surface area (TPSA) is 66.4 Å². The molecule has 120 valence electrons. The highest BCUT2D eigenvalue weighted by Gasteiger charge is 2.29. The zero-order valence-electron chi connectivity index (χ0n) is 13.6. The lowest BCUT2D eigenvalue weighted by Crippen LogP contribution is -2.42. The summed E-state index contributed by atoms with van der Waals surface area (Å²) in [6.07, 6.45) is 0.594. The number of hydrogen-bond donors (Lipinski definition) is 2. The zero-order chi connectivity index (χ0) is 16.3. The number of hydrogen-bond acceptors (Lipinski definition) is 4. The van der Waals surface area contributed by atoms with Crippen LogP contribution < -0.4 is 5.32 Å². The van der Waals surface area contributed by atoms with E-state index >= 15 is 0 Å². The molecule has 0 aromatic heterocycles. The van der Waals surface area contributed by atoms with Crippen LogP contribution in [0.4, 0.5) is 0 Å². The quantitative estimate of drug-likeness (QED) is 0.810. The highest BCUT2D eigenvalue weighted by Crippen LogP contribution is 2.19. The Balaban J connectivity index is 2.56. The third kappa shape index (κ3) is 5.09. The standard InChI is InChI=1S/C16H27NO3S/c1-12(2)13-6-8-14(9-7-13)15(18)10-17-11-16(3,4)21(5,19)20/h6-9,12,15,17-18H,10-11H2,1-5H3. The molecule has 0 aliphatic carbocycles. The number of aliphatic hydroxyl groups is 1. The van der Waals surface area contributed by atoms with Crippen LogP contribution in [0.2, 0.25) is 0 Å². The molecule has 5 heteroatoms. The van der Waals surface area contributed by atoms with Gasteiger partial charge in [0.25, 0.3) is 0 Å². The smallest absolute Gasteiger partial charge is 0.153 e. The highest BCUT2D eigenvalue weighted by molar-refractivity contribution is 7.92. The first-order chi connectivity index (χ1) is 9.54. The summed E-state index contributed by atoms with van der Waals surface area (Å²) in [6.45, 7) is 8.26. The second kappa shape index (κ2) is 6.90. The monoisotopic (exact) mass is 313 g/mol. The predicted molar refractivity (Wildman–Crippen MR) is 87.3 cm³/mol. The molecule has 0 saturated carbocycles. The van der Waals surface area contributed by atoms with E-state index in [-0.39, 0.29) is 0 Å². The van der Waals surface area contributed by atoms with Gasteiger partial charge in [-0.1, -0.05) is 38.1 Å². The third-order valence-corrected chi connectivity index (χ3v) is 6.03. The number of sulfone groups is 1. The van der Waals surface area contributed by atoms with Crippen LogP contribution in [-0.2, 0) is 9.84 Å². The summed E-state index contributed by atoms with van der Waals surface area (Å²) in [7, 11) is -3.12. The molecule has 1 unspecified atom stereocenters. The Hall–Kier alpha value is -0.910. The van der Waals surface area contributed by atoms with Gasteiger partial charge >= 0.3 is 0 Å². The molecule has 0 spiro atoms. The maximum atomic E-state index is 11.6. The minimum Gasteiger partial charge on any atom is -0.387 e. The molecule has 0 radical (unpaired) electrons. The number of benzene rings is 1. The van der Waals surface area contributed by atoms with Crippen molar-refractivity contribution in [2.45, 2.75) is 44.5 Å². The van der Waals surface area contributed by atoms with Crippen LogP contribution in [0.5, 0.6) is 0 Å². The van der Waals surface area contributed by atoms with Gasteiger partial charge in [0.1, 0.15) is 0 Å². The summed E-state index contributed by atoms with van der Waals surface area (Å²) in [4.78, 5) is 0. The SMILES string of the molecule is CC(C)c1ccc(C(O)CNCC(C)(C)S(C)(=O)=O)cc1. The van der Waals surface area contributed by atoms with E-state index in [1.807, 2.05) is 24.3 Å². The Morgan fingerprint density at radius 3 is 2.05 bits per heavy atom. The van der Waals surface area contributed by atoms with E-state index in [0.717, 1.165) is 5.56 Å². The fourth-order valence-electron chi connectivity index (χ4n) is 1.86. The summed E-state index contributed by atoms with van der Waals surface area (Å²) in [5, 5.41) is 13.2. The summed E-state index contributed by atoms with van der Waals surface area (Å²) >= 11 is 0. The van der Waals surface area contributed by atoms with Crippen LogP contribution in [0, 0.1) is 0 Å². The van der Waals surface area contributed by atoms with E-state index in [1.54, 1.807) is 13.8 Å². The van der Waals surface area contributed by atoms with Gasteiger partial charge in [-0.15, -0.1) is 0 Å². The third-order valence-electron chi connectivity index (χ3n) is 3.88. The largest absolute Gasteiger partial charge is 0.387 e. The van der Waals surface area contributed by atoms with Gasteiger partial charge in [0.15, 0.2) is 9.84 Å². The van der Waals surface area contributed by atoms with Crippen molar-refractivity contribution in [3.05, 3.63) is 35.4 Å². The Bertz CT molecular complexity index is 547. The average Bonchev–Trinajstić information content (AvgIpc) is 2.37. The Labute approximate surface area is 128 Å². The fraction of sp³-hybridized carbons (Fsp3) is 0.625. The molecule has 0 heterocycles. The van der Waals surface area contributed by atoms with Crippen molar-refractivity contribution in [2.24, 2.45) is 0 Å². The molecule has 0 fully saturated rings. The molecule has 1 atom stereocenters. The van der Waals surface area contributed by atoms with Crippen molar-refractivity contribution in [3.63, 3.8) is 0 Å². The van der Waals surface area contributed by atoms with Crippen molar-refractivity contribution in [1.82, 2.24) is 5.32 Å². The first-order valence-corrected chi connectivity index (χ1v) is 9.12. The molecule has 4 nitrogen and oxygen atoms in total. The van der Waals surface area contributed by atoms with Crippen LogP contribution in [-0.4, -0.2) is 37.6 Å². The lowest BCUT2D eigenvalue weighted by Gasteiger charge is -2.24. The molecule has 1 aromatic carbocycles. The van der Waals surface area contributed by atoms with Crippen LogP contribution in [0.1, 0.15) is 50.8 Å². The first kappa shape index (κ1) is 18.1. The Kier molecular flexibility index (Phi) is 5.96. The second-order valence-corrected chi connectivity index (χ2v) is 9.15. The number of rotatable bonds is 7. The predicted octanol–water partition coefficient (Wildman–Crippen LogP) is 2.26. The van der Waals surface area contributed by atoms with Crippen LogP contribution >= 0.6 is 0 Å².